The fraction of sp³-hybridized carbons (Fsp3) is 0. The van der Waals surface area contributed by atoms with Crippen molar-refractivity contribution in [2.75, 3.05) is 0 Å². The molecule has 0 aromatic carbocycles. The minimum atomic E-state index is 0. The summed E-state index contributed by atoms with van der Waals surface area (Å²) in [6.07, 6.45) is 0. The summed E-state index contributed by atoms with van der Waals surface area (Å²) in [6.45, 7) is 0. The Morgan fingerprint density at radius 2 is 0.375 bits per heavy atom. The SMILES string of the molecule is [F-].[F-].[F-].[Nd+3].[Nd+3].[OH-].[OH-].[OH-]. The Labute approximate surface area is 110 Å². The average Bonchev–Trinajstić information content (AvgIpc) is 0. The van der Waals surface area contributed by atoms with E-state index in [9.17, 15) is 0 Å². The molecule has 0 saturated carbocycles. The Morgan fingerprint density at radius 3 is 0.375 bits per heavy atom. The predicted octanol–water partition coefficient (Wildman–Crippen LogP) is -9.52. The number of hydrogen-bond acceptors (Lipinski definition) is 3. The van der Waals surface area contributed by atoms with Crippen molar-refractivity contribution >= 4 is 0 Å². The smallest absolute Gasteiger partial charge is 1.00 e. The first kappa shape index (κ1) is 162. The van der Waals surface area contributed by atoms with Gasteiger partial charge in [0, 0.05) is 0 Å². The molecule has 0 aliphatic heterocycles. The van der Waals surface area contributed by atoms with Crippen LogP contribution in [0.2, 0.25) is 0 Å². The molecule has 50 valence electrons. The fourth-order valence-electron chi connectivity index (χ4n) is 0. The van der Waals surface area contributed by atoms with Gasteiger partial charge in [-0.1, -0.05) is 0 Å². The van der Waals surface area contributed by atoms with Crippen LogP contribution in [0.15, 0.2) is 0 Å². The molecule has 0 aromatic heterocycles. The van der Waals surface area contributed by atoms with Gasteiger partial charge in [0.25, 0.3) is 0 Å². The van der Waals surface area contributed by atoms with E-state index in [1.54, 1.807) is 0 Å². The van der Waals surface area contributed by atoms with E-state index in [0.717, 1.165) is 0 Å². The van der Waals surface area contributed by atoms with Crippen LogP contribution in [-0.4, -0.2) is 16.4 Å². The van der Waals surface area contributed by atoms with E-state index in [-0.39, 0.29) is 112 Å². The van der Waals surface area contributed by atoms with Crippen LogP contribution in [0, 0.1) is 81.7 Å². The third-order valence-corrected chi connectivity index (χ3v) is 0. The van der Waals surface area contributed by atoms with Gasteiger partial charge in [0.15, 0.2) is 0 Å². The molecule has 0 aliphatic carbocycles. The summed E-state index contributed by atoms with van der Waals surface area (Å²) in [5, 5.41) is 0. The molecular weight excluding hydrogens is 393 g/mol. The summed E-state index contributed by atoms with van der Waals surface area (Å²) in [7, 11) is 0. The van der Waals surface area contributed by atoms with E-state index in [0.29, 0.717) is 0 Å². The van der Waals surface area contributed by atoms with Crippen molar-refractivity contribution in [3.63, 3.8) is 0 Å². The molecule has 0 bridgehead atoms. The van der Waals surface area contributed by atoms with Crippen LogP contribution in [0.1, 0.15) is 0 Å². The number of rotatable bonds is 0. The monoisotopic (exact) mass is 392 g/mol. The maximum atomic E-state index is 0. The van der Waals surface area contributed by atoms with Crippen LogP contribution < -0.4 is 14.1 Å². The fourth-order valence-corrected chi connectivity index (χ4v) is 0. The predicted molar refractivity (Wildman–Crippen MR) is 5.81 cm³/mol. The van der Waals surface area contributed by atoms with Crippen molar-refractivity contribution in [2.45, 2.75) is 0 Å². The molecule has 8 heavy (non-hydrogen) atoms. The molecule has 8 heteroatoms. The largest absolute Gasteiger partial charge is 3.00 e. The van der Waals surface area contributed by atoms with E-state index >= 15 is 0 Å². The second kappa shape index (κ2) is 117. The summed E-state index contributed by atoms with van der Waals surface area (Å²) >= 11 is 0. The first-order valence-electron chi connectivity index (χ1n) is 0. The second-order valence-corrected chi connectivity index (χ2v) is 0. The molecule has 3 nitrogen and oxygen atoms in total. The standard InChI is InChI=1S/3FH.2Nd.3H2O/h3*1H;;;3*1H2/q;;;2*+3;;;/p-6. The molecule has 0 unspecified atom stereocenters. The van der Waals surface area contributed by atoms with Gasteiger partial charge < -0.3 is 30.5 Å². The first-order valence-corrected chi connectivity index (χ1v) is 0. The average molecular weight is 396 g/mol. The zero-order valence-corrected chi connectivity index (χ0v) is 9.89. The molecule has 0 fully saturated rings. The van der Waals surface area contributed by atoms with Crippen molar-refractivity contribution in [2.24, 2.45) is 0 Å². The number of hydrogen-bond donors (Lipinski definition) is 0. The van der Waals surface area contributed by atoms with Gasteiger partial charge in [-0.15, -0.1) is 0 Å². The van der Waals surface area contributed by atoms with Gasteiger partial charge >= 0.3 is 81.7 Å². The van der Waals surface area contributed by atoms with Crippen LogP contribution in [0.25, 0.3) is 0 Å². The van der Waals surface area contributed by atoms with Crippen molar-refractivity contribution in [1.82, 2.24) is 0 Å². The van der Waals surface area contributed by atoms with Crippen molar-refractivity contribution in [1.29, 1.82) is 0 Å². The van der Waals surface area contributed by atoms with Crippen LogP contribution >= 0.6 is 0 Å². The summed E-state index contributed by atoms with van der Waals surface area (Å²) in [6, 6.07) is 0. The van der Waals surface area contributed by atoms with Crippen molar-refractivity contribution in [3.05, 3.63) is 0 Å². The molecule has 0 aromatic rings. The van der Waals surface area contributed by atoms with E-state index < -0.39 is 0 Å². The first-order chi connectivity index (χ1) is 0. The normalized spacial score (nSPS) is 0. The molecule has 0 heterocycles. The number of halogens is 3. The van der Waals surface area contributed by atoms with Crippen LogP contribution in [0.4, 0.5) is 0 Å². The summed E-state index contributed by atoms with van der Waals surface area (Å²) in [4.78, 5) is 0. The summed E-state index contributed by atoms with van der Waals surface area (Å²) < 4.78 is 0. The summed E-state index contributed by atoms with van der Waals surface area (Å²) in [5.41, 5.74) is 0. The van der Waals surface area contributed by atoms with Gasteiger partial charge in [0.1, 0.15) is 0 Å². The third-order valence-electron chi connectivity index (χ3n) is 0. The van der Waals surface area contributed by atoms with Crippen molar-refractivity contribution in [3.8, 4) is 0 Å². The van der Waals surface area contributed by atoms with Crippen molar-refractivity contribution < 1.29 is 112 Å². The van der Waals surface area contributed by atoms with E-state index in [1.807, 2.05) is 0 Å². The molecule has 0 spiro atoms. The third kappa shape index (κ3) is 80.9. The van der Waals surface area contributed by atoms with E-state index in [4.69, 9.17) is 0 Å². The molecular formula is H3F3Nd2O3. The maximum absolute atomic E-state index is 0. The minimum absolute atomic E-state index is 0. The molecule has 0 amide bonds. The van der Waals surface area contributed by atoms with Gasteiger partial charge in [-0.25, -0.2) is 0 Å². The Balaban J connectivity index is 0. The van der Waals surface area contributed by atoms with Crippen LogP contribution in [0.5, 0.6) is 0 Å². The molecule has 0 rings (SSSR count). The summed E-state index contributed by atoms with van der Waals surface area (Å²) in [5.74, 6) is 0. The Hall–Kier alpha value is 2.37. The van der Waals surface area contributed by atoms with Gasteiger partial charge in [-0.05, 0) is 0 Å². The van der Waals surface area contributed by atoms with Gasteiger partial charge in [0.2, 0.25) is 0 Å². The Bertz CT molecular complexity index is 12.5. The maximum Gasteiger partial charge on any atom is 3.00 e. The van der Waals surface area contributed by atoms with Gasteiger partial charge in [-0.3, -0.25) is 0 Å². The van der Waals surface area contributed by atoms with Gasteiger partial charge in [-0.2, -0.15) is 0 Å². The molecule has 0 atom stereocenters. The van der Waals surface area contributed by atoms with Crippen LogP contribution in [0.3, 0.4) is 0 Å². The molecule has 3 N–H and O–H groups in total. The molecule has 0 saturated heterocycles. The zero-order valence-electron chi connectivity index (χ0n) is 3.48. The molecule has 0 aliphatic rings. The Morgan fingerprint density at radius 1 is 0.375 bits per heavy atom. The van der Waals surface area contributed by atoms with Gasteiger partial charge in [0.05, 0.1) is 0 Å². The molecule has 2 radical (unpaired) electrons. The second-order valence-electron chi connectivity index (χ2n) is 0. The Kier molecular flexibility index (Phi) is 2360. The zero-order chi connectivity index (χ0) is 0. The minimum Gasteiger partial charge on any atom is -1.00 e. The quantitative estimate of drug-likeness (QED) is 0.407. The topological polar surface area (TPSA) is 90.0 Å². The van der Waals surface area contributed by atoms with Crippen LogP contribution in [-0.2, 0) is 0 Å². The van der Waals surface area contributed by atoms with E-state index in [2.05, 4.69) is 0 Å². The van der Waals surface area contributed by atoms with E-state index in [1.165, 1.54) is 0 Å².